The lowest BCUT2D eigenvalue weighted by molar-refractivity contribution is -0.134. The van der Waals surface area contributed by atoms with Gasteiger partial charge < -0.3 is 30.7 Å². The fraction of sp³-hybridized carbons (Fsp3) is 0.395. The van der Waals surface area contributed by atoms with Gasteiger partial charge in [0.25, 0.3) is 0 Å². The van der Waals surface area contributed by atoms with E-state index in [1.807, 2.05) is 12.1 Å². The summed E-state index contributed by atoms with van der Waals surface area (Å²) in [5.74, 6) is 0.353. The summed E-state index contributed by atoms with van der Waals surface area (Å²) >= 11 is 0. The molecule has 5 N–H and O–H groups in total. The van der Waals surface area contributed by atoms with Crippen molar-refractivity contribution in [1.82, 2.24) is 30.2 Å². The Balaban J connectivity index is 0.925. The molecule has 5 heterocycles. The molecule has 4 amide bonds. The average Bonchev–Trinajstić information content (AvgIpc) is 3.68. The van der Waals surface area contributed by atoms with Crippen molar-refractivity contribution in [3.63, 3.8) is 0 Å². The van der Waals surface area contributed by atoms with Crippen molar-refractivity contribution in [1.29, 1.82) is 0 Å². The number of benzene rings is 2. The van der Waals surface area contributed by atoms with Gasteiger partial charge in [-0.25, -0.2) is 4.68 Å². The fourth-order valence-electron chi connectivity index (χ4n) is 8.18. The third-order valence-electron chi connectivity index (χ3n) is 10.9. The monoisotopic (exact) mass is 734 g/mol. The summed E-state index contributed by atoms with van der Waals surface area (Å²) in [7, 11) is 0. The lowest BCUT2D eigenvalue weighted by Gasteiger charge is -2.42. The Bertz CT molecular complexity index is 2100. The third kappa shape index (κ3) is 6.85. The maximum atomic E-state index is 13.6. The number of amides is 4. The van der Waals surface area contributed by atoms with E-state index in [2.05, 4.69) is 41.8 Å². The van der Waals surface area contributed by atoms with E-state index in [-0.39, 0.29) is 54.5 Å². The van der Waals surface area contributed by atoms with Crippen molar-refractivity contribution >= 4 is 40.8 Å². The first-order chi connectivity index (χ1) is 26.3. The first kappa shape index (κ1) is 35.2. The van der Waals surface area contributed by atoms with Crippen LogP contribution >= 0.6 is 0 Å². The minimum Gasteiger partial charge on any atom is -0.507 e. The number of phenolic OH excluding ortho intramolecular Hbond substituents is 1. The number of anilines is 3. The Morgan fingerprint density at radius 3 is 2.59 bits per heavy atom. The van der Waals surface area contributed by atoms with Crippen LogP contribution in [0, 0.1) is 0 Å². The number of phenols is 1. The van der Waals surface area contributed by atoms with Gasteiger partial charge in [-0.3, -0.25) is 29.4 Å². The first-order valence-corrected chi connectivity index (χ1v) is 18.4. The van der Waals surface area contributed by atoms with Crippen molar-refractivity contribution in [2.24, 2.45) is 5.73 Å². The summed E-state index contributed by atoms with van der Waals surface area (Å²) < 4.78 is 7.76. The van der Waals surface area contributed by atoms with Crippen LogP contribution in [-0.2, 0) is 19.2 Å². The number of aromatic nitrogens is 4. The molecule has 2 aromatic carbocycles. The number of para-hydroxylation sites is 2. The Hall–Kier alpha value is -5.87. The van der Waals surface area contributed by atoms with Gasteiger partial charge in [0.1, 0.15) is 29.8 Å². The second-order valence-corrected chi connectivity index (χ2v) is 14.1. The average molecular weight is 735 g/mol. The predicted molar refractivity (Wildman–Crippen MR) is 198 cm³/mol. The minimum atomic E-state index is -0.457. The molecular formula is C38H42N10O6. The van der Waals surface area contributed by atoms with E-state index in [4.69, 9.17) is 10.5 Å². The molecule has 4 aromatic rings. The molecule has 16 nitrogen and oxygen atoms in total. The number of aromatic hydroxyl groups is 1. The number of fused-ring (bicyclic) bond motifs is 1. The number of ether oxygens (including phenoxy) is 1. The number of rotatable bonds is 8. The molecule has 3 aliphatic heterocycles. The molecule has 1 atom stereocenters. The van der Waals surface area contributed by atoms with Crippen LogP contribution in [0.3, 0.4) is 0 Å². The lowest BCUT2D eigenvalue weighted by Crippen LogP contribution is -2.54. The SMILES string of the molecule is NCC(=O)Nc1nnc(-c2ccccc2O)cc1-n1cc(N2CCN(C3CCC(c4cccc5c4OCCN5C4CCC(=O)NC4=O)CC3)CC2=O)cn1. The second-order valence-electron chi connectivity index (χ2n) is 14.1. The summed E-state index contributed by atoms with van der Waals surface area (Å²) in [6, 6.07) is 14.4. The molecule has 54 heavy (non-hydrogen) atoms. The molecule has 2 saturated heterocycles. The number of nitrogens with zero attached hydrogens (tertiary/aromatic N) is 7. The van der Waals surface area contributed by atoms with Crippen LogP contribution in [0.5, 0.6) is 11.5 Å². The molecule has 280 valence electrons. The largest absolute Gasteiger partial charge is 0.507 e. The zero-order valence-electron chi connectivity index (χ0n) is 29.7. The molecule has 8 rings (SSSR count). The molecule has 0 bridgehead atoms. The van der Waals surface area contributed by atoms with Crippen molar-refractivity contribution in [3.05, 3.63) is 66.5 Å². The number of piperidine rings is 1. The molecule has 0 spiro atoms. The molecule has 1 aliphatic carbocycles. The standard InChI is InChI=1S/C38H42N10O6/c39-19-34(51)41-37-31(18-28(43-44-37)27-4-1-2-7-32(27)49)48-21-25(20-40-48)46-15-14-45(22-35(46)52)24-10-8-23(9-11-24)26-5-3-6-29-36(26)54-17-16-47(29)30-12-13-33(50)42-38(30)53/h1-7,18,20-21,23-24,30,49H,8-17,19,22,39H2,(H,41,44,51)(H,42,50,53). The van der Waals surface area contributed by atoms with E-state index in [1.54, 1.807) is 47.6 Å². The maximum absolute atomic E-state index is 13.6. The van der Waals surface area contributed by atoms with Gasteiger partial charge in [0.15, 0.2) is 5.82 Å². The number of hydrogen-bond donors (Lipinski definition) is 4. The van der Waals surface area contributed by atoms with Gasteiger partial charge in [-0.05, 0) is 67.9 Å². The fourth-order valence-corrected chi connectivity index (χ4v) is 8.18. The van der Waals surface area contributed by atoms with Crippen LogP contribution in [0.1, 0.15) is 50.0 Å². The van der Waals surface area contributed by atoms with E-state index in [9.17, 15) is 24.3 Å². The quantitative estimate of drug-likeness (QED) is 0.193. The summed E-state index contributed by atoms with van der Waals surface area (Å²) in [5, 5.41) is 28.5. The summed E-state index contributed by atoms with van der Waals surface area (Å²) in [5.41, 5.74) is 9.45. The van der Waals surface area contributed by atoms with Crippen molar-refractivity contribution in [3.8, 4) is 28.4 Å². The normalized spacial score (nSPS) is 22.0. The van der Waals surface area contributed by atoms with Crippen LogP contribution < -0.4 is 30.9 Å². The van der Waals surface area contributed by atoms with Crippen LogP contribution in [0.2, 0.25) is 0 Å². The number of piperazine rings is 1. The van der Waals surface area contributed by atoms with Crippen LogP contribution in [0.25, 0.3) is 16.9 Å². The molecular weight excluding hydrogens is 692 g/mol. The van der Waals surface area contributed by atoms with Gasteiger partial charge in [-0.1, -0.05) is 24.3 Å². The van der Waals surface area contributed by atoms with E-state index in [0.29, 0.717) is 67.6 Å². The maximum Gasteiger partial charge on any atom is 0.249 e. The molecule has 3 fully saturated rings. The predicted octanol–water partition coefficient (Wildman–Crippen LogP) is 2.31. The van der Waals surface area contributed by atoms with E-state index >= 15 is 0 Å². The Labute approximate surface area is 311 Å². The highest BCUT2D eigenvalue weighted by molar-refractivity contribution is 6.02. The van der Waals surface area contributed by atoms with Gasteiger partial charge in [-0.2, -0.15) is 5.10 Å². The number of nitrogens with two attached hydrogens (primary N) is 1. The topological polar surface area (TPSA) is 201 Å². The molecule has 1 unspecified atom stereocenters. The van der Waals surface area contributed by atoms with E-state index in [0.717, 1.165) is 42.7 Å². The molecule has 16 heteroatoms. The highest BCUT2D eigenvalue weighted by Gasteiger charge is 2.38. The van der Waals surface area contributed by atoms with E-state index in [1.165, 1.54) is 4.68 Å². The molecule has 4 aliphatic rings. The number of carbonyl (C=O) groups is 4. The minimum absolute atomic E-state index is 0.0265. The zero-order valence-corrected chi connectivity index (χ0v) is 29.7. The highest BCUT2D eigenvalue weighted by Crippen LogP contribution is 2.45. The van der Waals surface area contributed by atoms with Gasteiger partial charge in [0.2, 0.25) is 23.6 Å². The first-order valence-electron chi connectivity index (χ1n) is 18.4. The van der Waals surface area contributed by atoms with Crippen LogP contribution in [-0.4, -0.2) is 105 Å². The molecule has 0 radical (unpaired) electrons. The van der Waals surface area contributed by atoms with Gasteiger partial charge in [0.05, 0.1) is 49.1 Å². The Morgan fingerprint density at radius 2 is 1.81 bits per heavy atom. The Morgan fingerprint density at radius 1 is 0.981 bits per heavy atom. The van der Waals surface area contributed by atoms with Gasteiger partial charge in [-0.15, -0.1) is 10.2 Å². The number of imide groups is 1. The van der Waals surface area contributed by atoms with Gasteiger partial charge in [0, 0.05) is 31.1 Å². The Kier molecular flexibility index (Phi) is 9.69. The van der Waals surface area contributed by atoms with Crippen molar-refractivity contribution in [2.45, 2.75) is 56.5 Å². The second kappa shape index (κ2) is 14.9. The zero-order chi connectivity index (χ0) is 37.3. The van der Waals surface area contributed by atoms with Gasteiger partial charge >= 0.3 is 0 Å². The summed E-state index contributed by atoms with van der Waals surface area (Å²) in [6.07, 6.45) is 7.95. The highest BCUT2D eigenvalue weighted by atomic mass is 16.5. The van der Waals surface area contributed by atoms with Crippen molar-refractivity contribution < 1.29 is 29.0 Å². The third-order valence-corrected chi connectivity index (χ3v) is 10.9. The van der Waals surface area contributed by atoms with Crippen LogP contribution in [0.15, 0.2) is 60.9 Å². The molecule has 1 saturated carbocycles. The number of hydrogen-bond acceptors (Lipinski definition) is 12. The lowest BCUT2D eigenvalue weighted by atomic mass is 9.80. The summed E-state index contributed by atoms with van der Waals surface area (Å²) in [4.78, 5) is 56.4. The number of nitrogens with one attached hydrogen (secondary N) is 2. The summed E-state index contributed by atoms with van der Waals surface area (Å²) in [6.45, 7) is 2.31. The van der Waals surface area contributed by atoms with Crippen molar-refractivity contribution in [2.75, 3.05) is 54.4 Å². The smallest absolute Gasteiger partial charge is 0.249 e. The van der Waals surface area contributed by atoms with E-state index < -0.39 is 5.91 Å². The van der Waals surface area contributed by atoms with Crippen LogP contribution in [0.4, 0.5) is 17.2 Å². The number of carbonyl (C=O) groups excluding carboxylic acids is 4. The molecule has 2 aromatic heterocycles.